The van der Waals surface area contributed by atoms with Gasteiger partial charge in [-0.25, -0.2) is 0 Å². The van der Waals surface area contributed by atoms with Crippen LogP contribution in [0.25, 0.3) is 0 Å². The molecule has 1 aliphatic carbocycles. The van der Waals surface area contributed by atoms with Crippen LogP contribution in [0.5, 0.6) is 0 Å². The predicted molar refractivity (Wildman–Crippen MR) is 75.8 cm³/mol. The van der Waals surface area contributed by atoms with Crippen molar-refractivity contribution in [1.82, 2.24) is 10.2 Å². The van der Waals surface area contributed by atoms with Gasteiger partial charge >= 0.3 is 0 Å². The SMILES string of the molecule is CCNC1C(N2CCC(COC)C2)CCC1(C)C. The second kappa shape index (κ2) is 5.89. The smallest absolute Gasteiger partial charge is 0.0503 e. The fraction of sp³-hybridized carbons (Fsp3) is 1.00. The molecule has 3 atom stereocenters. The molecule has 1 N–H and O–H groups in total. The minimum absolute atomic E-state index is 0.444. The average Bonchev–Trinajstić information content (AvgIpc) is 2.87. The molecule has 0 radical (unpaired) electrons. The Morgan fingerprint density at radius 1 is 1.33 bits per heavy atom. The second-order valence-electron chi connectivity index (χ2n) is 6.73. The third kappa shape index (κ3) is 2.89. The van der Waals surface area contributed by atoms with E-state index in [-0.39, 0.29) is 0 Å². The van der Waals surface area contributed by atoms with Gasteiger partial charge in [0.25, 0.3) is 0 Å². The van der Waals surface area contributed by atoms with E-state index in [1.165, 1.54) is 32.4 Å². The number of hydrogen-bond donors (Lipinski definition) is 1. The standard InChI is InChI=1S/C15H30N2O/c1-5-16-14-13(6-8-15(14,2)3)17-9-7-12(10-17)11-18-4/h12-14,16H,5-11H2,1-4H3. The van der Waals surface area contributed by atoms with Crippen LogP contribution in [0.4, 0.5) is 0 Å². The number of nitrogens with zero attached hydrogens (tertiary/aromatic N) is 1. The second-order valence-corrected chi connectivity index (χ2v) is 6.73. The Morgan fingerprint density at radius 2 is 2.11 bits per heavy atom. The van der Waals surface area contributed by atoms with Crippen LogP contribution in [0.15, 0.2) is 0 Å². The Morgan fingerprint density at radius 3 is 2.78 bits per heavy atom. The van der Waals surface area contributed by atoms with Crippen LogP contribution >= 0.6 is 0 Å². The van der Waals surface area contributed by atoms with Gasteiger partial charge in [-0.05, 0) is 43.7 Å². The Balaban J connectivity index is 1.96. The molecule has 18 heavy (non-hydrogen) atoms. The summed E-state index contributed by atoms with van der Waals surface area (Å²) in [6.45, 7) is 11.6. The Hall–Kier alpha value is -0.120. The zero-order valence-electron chi connectivity index (χ0n) is 12.5. The van der Waals surface area contributed by atoms with Crippen LogP contribution in [-0.4, -0.2) is 50.3 Å². The first kappa shape index (κ1) is 14.3. The van der Waals surface area contributed by atoms with E-state index in [9.17, 15) is 0 Å². The summed E-state index contributed by atoms with van der Waals surface area (Å²) in [5, 5.41) is 3.74. The van der Waals surface area contributed by atoms with Gasteiger partial charge in [0.2, 0.25) is 0 Å². The fourth-order valence-corrected chi connectivity index (χ4v) is 3.92. The molecule has 0 aromatic carbocycles. The normalized spacial score (nSPS) is 36.3. The molecule has 2 rings (SSSR count). The highest BCUT2D eigenvalue weighted by atomic mass is 16.5. The van der Waals surface area contributed by atoms with Crippen molar-refractivity contribution < 1.29 is 4.74 Å². The summed E-state index contributed by atoms with van der Waals surface area (Å²) in [7, 11) is 1.82. The largest absolute Gasteiger partial charge is 0.384 e. The van der Waals surface area contributed by atoms with Gasteiger partial charge in [0, 0.05) is 25.7 Å². The Kier molecular flexibility index (Phi) is 4.68. The van der Waals surface area contributed by atoms with E-state index < -0.39 is 0 Å². The average molecular weight is 254 g/mol. The molecule has 3 nitrogen and oxygen atoms in total. The maximum atomic E-state index is 5.31. The maximum absolute atomic E-state index is 5.31. The third-order valence-electron chi connectivity index (χ3n) is 4.92. The highest BCUT2D eigenvalue weighted by Crippen LogP contribution is 2.41. The molecule has 106 valence electrons. The molecule has 3 heteroatoms. The van der Waals surface area contributed by atoms with Crippen LogP contribution in [0.2, 0.25) is 0 Å². The van der Waals surface area contributed by atoms with Crippen LogP contribution in [0, 0.1) is 11.3 Å². The van der Waals surface area contributed by atoms with Crippen molar-refractivity contribution in [2.45, 2.75) is 52.1 Å². The summed E-state index contributed by atoms with van der Waals surface area (Å²) in [6, 6.07) is 1.39. The lowest BCUT2D eigenvalue weighted by atomic mass is 9.86. The molecule has 0 spiro atoms. The van der Waals surface area contributed by atoms with Crippen molar-refractivity contribution in [1.29, 1.82) is 0 Å². The van der Waals surface area contributed by atoms with Crippen LogP contribution < -0.4 is 5.32 Å². The lowest BCUT2D eigenvalue weighted by molar-refractivity contribution is 0.135. The number of likely N-dealkylation sites (tertiary alicyclic amines) is 1. The topological polar surface area (TPSA) is 24.5 Å². The van der Waals surface area contributed by atoms with Crippen molar-refractivity contribution in [3.8, 4) is 0 Å². The molecule has 1 aliphatic heterocycles. The highest BCUT2D eigenvalue weighted by Gasteiger charge is 2.45. The predicted octanol–water partition coefficient (Wildman–Crippen LogP) is 2.12. The summed E-state index contributed by atoms with van der Waals surface area (Å²) >= 11 is 0. The highest BCUT2D eigenvalue weighted by molar-refractivity contribution is 5.02. The van der Waals surface area contributed by atoms with Gasteiger partial charge in [-0.1, -0.05) is 20.8 Å². The van der Waals surface area contributed by atoms with Gasteiger partial charge in [-0.3, -0.25) is 4.90 Å². The van der Waals surface area contributed by atoms with Crippen molar-refractivity contribution in [2.75, 3.05) is 33.4 Å². The van der Waals surface area contributed by atoms with E-state index in [1.807, 2.05) is 7.11 Å². The summed E-state index contributed by atoms with van der Waals surface area (Å²) in [5.41, 5.74) is 0.444. The first-order valence-electron chi connectivity index (χ1n) is 7.55. The lowest BCUT2D eigenvalue weighted by Crippen LogP contribution is -2.51. The minimum Gasteiger partial charge on any atom is -0.384 e. The monoisotopic (exact) mass is 254 g/mol. The first-order chi connectivity index (χ1) is 8.58. The fourth-order valence-electron chi connectivity index (χ4n) is 3.92. The lowest BCUT2D eigenvalue weighted by Gasteiger charge is -2.36. The van der Waals surface area contributed by atoms with Gasteiger partial charge < -0.3 is 10.1 Å². The van der Waals surface area contributed by atoms with Crippen LogP contribution in [0.3, 0.4) is 0 Å². The summed E-state index contributed by atoms with van der Waals surface area (Å²) in [6.07, 6.45) is 4.01. The maximum Gasteiger partial charge on any atom is 0.0503 e. The number of nitrogens with one attached hydrogen (secondary N) is 1. The van der Waals surface area contributed by atoms with Gasteiger partial charge in [0.1, 0.15) is 0 Å². The van der Waals surface area contributed by atoms with Crippen LogP contribution in [-0.2, 0) is 4.74 Å². The van der Waals surface area contributed by atoms with Crippen molar-refractivity contribution in [3.63, 3.8) is 0 Å². The van der Waals surface area contributed by atoms with E-state index in [0.29, 0.717) is 11.5 Å². The third-order valence-corrected chi connectivity index (χ3v) is 4.92. The molecule has 2 fully saturated rings. The van der Waals surface area contributed by atoms with E-state index in [4.69, 9.17) is 4.74 Å². The molecule has 0 aromatic rings. The molecule has 1 saturated heterocycles. The zero-order valence-corrected chi connectivity index (χ0v) is 12.5. The zero-order chi connectivity index (χ0) is 13.2. The van der Waals surface area contributed by atoms with Crippen molar-refractivity contribution in [2.24, 2.45) is 11.3 Å². The Labute approximate surface area is 112 Å². The van der Waals surface area contributed by atoms with E-state index in [0.717, 1.165) is 25.1 Å². The number of methoxy groups -OCH3 is 1. The molecule has 2 aliphatic rings. The molecule has 1 heterocycles. The summed E-state index contributed by atoms with van der Waals surface area (Å²) < 4.78 is 5.31. The first-order valence-corrected chi connectivity index (χ1v) is 7.55. The van der Waals surface area contributed by atoms with Crippen LogP contribution in [0.1, 0.15) is 40.0 Å². The van der Waals surface area contributed by atoms with Gasteiger partial charge in [0.05, 0.1) is 6.61 Å². The van der Waals surface area contributed by atoms with Gasteiger partial charge in [-0.15, -0.1) is 0 Å². The number of ether oxygens (including phenoxy) is 1. The van der Waals surface area contributed by atoms with Crippen molar-refractivity contribution >= 4 is 0 Å². The van der Waals surface area contributed by atoms with Crippen molar-refractivity contribution in [3.05, 3.63) is 0 Å². The summed E-state index contributed by atoms with van der Waals surface area (Å²) in [5.74, 6) is 0.751. The van der Waals surface area contributed by atoms with Gasteiger partial charge in [-0.2, -0.15) is 0 Å². The quantitative estimate of drug-likeness (QED) is 0.813. The number of rotatable bonds is 5. The number of likely N-dealkylation sites (N-methyl/N-ethyl adjacent to an activating group) is 1. The van der Waals surface area contributed by atoms with E-state index >= 15 is 0 Å². The molecular formula is C15H30N2O. The van der Waals surface area contributed by atoms with E-state index in [2.05, 4.69) is 31.0 Å². The minimum atomic E-state index is 0.444. The molecular weight excluding hydrogens is 224 g/mol. The molecule has 0 amide bonds. The van der Waals surface area contributed by atoms with E-state index in [1.54, 1.807) is 0 Å². The molecule has 3 unspecified atom stereocenters. The summed E-state index contributed by atoms with van der Waals surface area (Å²) in [4.78, 5) is 2.71. The number of hydrogen-bond acceptors (Lipinski definition) is 3. The Bertz CT molecular complexity index is 267. The van der Waals surface area contributed by atoms with Gasteiger partial charge in [0.15, 0.2) is 0 Å². The molecule has 1 saturated carbocycles. The molecule has 0 aromatic heterocycles. The molecule has 0 bridgehead atoms.